The molecule has 37 heavy (non-hydrogen) atoms. The van der Waals surface area contributed by atoms with Crippen LogP contribution in [-0.2, 0) is 10.0 Å². The van der Waals surface area contributed by atoms with E-state index in [1.807, 2.05) is 26.8 Å². The van der Waals surface area contributed by atoms with Crippen LogP contribution in [0.15, 0.2) is 88.9 Å². The van der Waals surface area contributed by atoms with Crippen molar-refractivity contribution in [3.8, 4) is 11.4 Å². The second-order valence-electron chi connectivity index (χ2n) is 8.56. The molecule has 0 aliphatic rings. The van der Waals surface area contributed by atoms with E-state index < -0.39 is 15.9 Å². The van der Waals surface area contributed by atoms with Crippen LogP contribution in [0.25, 0.3) is 5.69 Å². The minimum atomic E-state index is -3.90. The van der Waals surface area contributed by atoms with Crippen molar-refractivity contribution in [2.24, 2.45) is 5.10 Å². The maximum absolute atomic E-state index is 12.8. The Labute approximate surface area is 216 Å². The second kappa shape index (κ2) is 10.7. The number of carbonyl (C=O) groups excluding carboxylic acids is 1. The summed E-state index contributed by atoms with van der Waals surface area (Å²) in [4.78, 5) is 12.7. The molecule has 190 valence electrons. The third kappa shape index (κ3) is 5.90. The molecule has 0 spiro atoms. The fourth-order valence-electron chi connectivity index (χ4n) is 3.91. The number of methoxy groups -OCH3 is 1. The highest BCUT2D eigenvalue weighted by Gasteiger charge is 2.17. The minimum Gasteiger partial charge on any atom is -0.497 e. The summed E-state index contributed by atoms with van der Waals surface area (Å²) in [7, 11) is -2.37. The Bertz CT molecular complexity index is 1550. The number of benzene rings is 3. The number of nitrogens with one attached hydrogen (secondary N) is 2. The lowest BCUT2D eigenvalue weighted by Crippen LogP contribution is -2.19. The number of rotatable bonds is 8. The van der Waals surface area contributed by atoms with Gasteiger partial charge in [-0.1, -0.05) is 23.8 Å². The fraction of sp³-hybridized carbons (Fsp3) is 0.143. The molecular formula is C28H28N4O4S. The molecular weight excluding hydrogens is 488 g/mol. The number of amides is 1. The van der Waals surface area contributed by atoms with Crippen molar-refractivity contribution in [3.05, 3.63) is 107 Å². The molecule has 0 atom stereocenters. The summed E-state index contributed by atoms with van der Waals surface area (Å²) in [5.74, 6) is 0.0873. The van der Waals surface area contributed by atoms with Crippen LogP contribution in [0.5, 0.6) is 5.75 Å². The van der Waals surface area contributed by atoms with Crippen LogP contribution in [0.4, 0.5) is 5.69 Å². The van der Waals surface area contributed by atoms with Crippen LogP contribution in [0.2, 0.25) is 0 Å². The van der Waals surface area contributed by atoms with E-state index in [1.54, 1.807) is 30.5 Å². The van der Waals surface area contributed by atoms with Crippen LogP contribution in [0, 0.1) is 20.8 Å². The first kappa shape index (κ1) is 25.7. The molecule has 4 aromatic rings. The van der Waals surface area contributed by atoms with Gasteiger partial charge in [-0.05, 0) is 81.4 Å². The van der Waals surface area contributed by atoms with Crippen molar-refractivity contribution in [1.29, 1.82) is 0 Å². The topological polar surface area (TPSA) is 102 Å². The fourth-order valence-corrected chi connectivity index (χ4v) is 5.02. The van der Waals surface area contributed by atoms with Crippen LogP contribution in [-0.4, -0.2) is 32.2 Å². The summed E-state index contributed by atoms with van der Waals surface area (Å²) >= 11 is 0. The Morgan fingerprint density at radius 1 is 0.946 bits per heavy atom. The molecule has 0 saturated heterocycles. The van der Waals surface area contributed by atoms with E-state index in [0.717, 1.165) is 22.6 Å². The first-order chi connectivity index (χ1) is 17.7. The molecule has 4 rings (SSSR count). The maximum atomic E-state index is 12.8. The number of anilines is 1. The summed E-state index contributed by atoms with van der Waals surface area (Å²) in [5.41, 5.74) is 8.14. The van der Waals surface area contributed by atoms with Crippen LogP contribution in [0.3, 0.4) is 0 Å². The third-order valence-corrected chi connectivity index (χ3v) is 7.26. The van der Waals surface area contributed by atoms with Gasteiger partial charge in [-0.2, -0.15) is 5.10 Å². The quantitative estimate of drug-likeness (QED) is 0.255. The van der Waals surface area contributed by atoms with Gasteiger partial charge >= 0.3 is 0 Å². The summed E-state index contributed by atoms with van der Waals surface area (Å²) in [5, 5.41) is 4.10. The van der Waals surface area contributed by atoms with Crippen molar-refractivity contribution >= 4 is 27.8 Å². The minimum absolute atomic E-state index is 0.0402. The summed E-state index contributed by atoms with van der Waals surface area (Å²) in [6.07, 6.45) is 1.58. The summed E-state index contributed by atoms with van der Waals surface area (Å²) < 4.78 is 35.4. The maximum Gasteiger partial charge on any atom is 0.271 e. The van der Waals surface area contributed by atoms with E-state index in [2.05, 4.69) is 44.1 Å². The lowest BCUT2D eigenvalue weighted by molar-refractivity contribution is 0.0955. The van der Waals surface area contributed by atoms with Crippen molar-refractivity contribution in [2.45, 2.75) is 25.7 Å². The first-order valence-corrected chi connectivity index (χ1v) is 13.0. The Kier molecular flexibility index (Phi) is 7.45. The largest absolute Gasteiger partial charge is 0.497 e. The highest BCUT2D eigenvalue weighted by Crippen LogP contribution is 2.21. The van der Waals surface area contributed by atoms with E-state index >= 15 is 0 Å². The number of aryl methyl sites for hydroxylation is 2. The number of hydrogen-bond donors (Lipinski definition) is 2. The van der Waals surface area contributed by atoms with Gasteiger partial charge < -0.3 is 9.30 Å². The van der Waals surface area contributed by atoms with Gasteiger partial charge in [0, 0.05) is 33.9 Å². The predicted molar refractivity (Wildman–Crippen MR) is 145 cm³/mol. The number of nitrogens with zero attached hydrogens (tertiary/aromatic N) is 2. The van der Waals surface area contributed by atoms with Crippen LogP contribution >= 0.6 is 0 Å². The Balaban J connectivity index is 1.47. The molecule has 8 nitrogen and oxygen atoms in total. The van der Waals surface area contributed by atoms with Gasteiger partial charge in [0.15, 0.2) is 0 Å². The molecule has 0 aliphatic carbocycles. The lowest BCUT2D eigenvalue weighted by Gasteiger charge is -2.10. The molecule has 0 fully saturated rings. The molecule has 2 N–H and O–H groups in total. The highest BCUT2D eigenvalue weighted by atomic mass is 32.2. The predicted octanol–water partition coefficient (Wildman–Crippen LogP) is 4.98. The Morgan fingerprint density at radius 3 is 2.32 bits per heavy atom. The second-order valence-corrected chi connectivity index (χ2v) is 10.2. The Morgan fingerprint density at radius 2 is 1.65 bits per heavy atom. The van der Waals surface area contributed by atoms with Gasteiger partial charge in [0.2, 0.25) is 0 Å². The van der Waals surface area contributed by atoms with E-state index in [4.69, 9.17) is 4.74 Å². The molecule has 0 bridgehead atoms. The van der Waals surface area contributed by atoms with E-state index in [0.29, 0.717) is 11.4 Å². The molecule has 1 aromatic heterocycles. The third-order valence-electron chi connectivity index (χ3n) is 5.88. The van der Waals surface area contributed by atoms with E-state index in [-0.39, 0.29) is 10.5 Å². The Hall–Kier alpha value is -4.37. The molecule has 9 heteroatoms. The number of hydrazone groups is 1. The average molecular weight is 517 g/mol. The van der Waals surface area contributed by atoms with Gasteiger partial charge in [-0.25, -0.2) is 13.8 Å². The lowest BCUT2D eigenvalue weighted by atomic mass is 10.2. The summed E-state index contributed by atoms with van der Waals surface area (Å²) in [6.45, 7) is 6.04. The zero-order valence-electron chi connectivity index (χ0n) is 21.0. The van der Waals surface area contributed by atoms with Crippen molar-refractivity contribution in [1.82, 2.24) is 9.99 Å². The molecule has 1 amide bonds. The normalized spacial score (nSPS) is 11.5. The molecule has 3 aromatic carbocycles. The molecule has 0 unspecified atom stereocenters. The number of hydrogen-bond acceptors (Lipinski definition) is 5. The van der Waals surface area contributed by atoms with E-state index in [1.165, 1.54) is 36.9 Å². The van der Waals surface area contributed by atoms with Gasteiger partial charge in [0.1, 0.15) is 5.75 Å². The number of aromatic nitrogens is 1. The zero-order valence-corrected chi connectivity index (χ0v) is 21.8. The smallest absolute Gasteiger partial charge is 0.271 e. The standard InChI is InChI=1S/C28H28N4O4S/c1-19-8-12-25(13-9-19)32-20(2)16-23(21(32)3)18-29-30-28(33)22-6-5-7-27(17-22)37(34,35)31-24-10-14-26(36-4)15-11-24/h5-18,31H,1-4H3,(H,30,33). The monoisotopic (exact) mass is 516 g/mol. The van der Waals surface area contributed by atoms with Gasteiger partial charge in [-0.15, -0.1) is 0 Å². The SMILES string of the molecule is COc1ccc(NS(=O)(=O)c2cccc(C(=O)NN=Cc3cc(C)n(-c4ccc(C)cc4)c3C)c2)cc1. The van der Waals surface area contributed by atoms with Gasteiger partial charge in [-0.3, -0.25) is 9.52 Å². The van der Waals surface area contributed by atoms with Crippen molar-refractivity contribution < 1.29 is 17.9 Å². The van der Waals surface area contributed by atoms with E-state index in [9.17, 15) is 13.2 Å². The van der Waals surface area contributed by atoms with Crippen molar-refractivity contribution in [2.75, 3.05) is 11.8 Å². The van der Waals surface area contributed by atoms with Crippen LogP contribution < -0.4 is 14.9 Å². The van der Waals surface area contributed by atoms with Crippen molar-refractivity contribution in [3.63, 3.8) is 0 Å². The molecule has 0 radical (unpaired) electrons. The first-order valence-electron chi connectivity index (χ1n) is 11.5. The summed E-state index contributed by atoms with van der Waals surface area (Å²) in [6, 6.07) is 22.5. The number of carbonyl (C=O) groups is 1. The van der Waals surface area contributed by atoms with Gasteiger partial charge in [0.25, 0.3) is 15.9 Å². The molecule has 1 heterocycles. The average Bonchev–Trinajstić information content (AvgIpc) is 3.17. The highest BCUT2D eigenvalue weighted by molar-refractivity contribution is 7.92. The zero-order chi connectivity index (χ0) is 26.6. The van der Waals surface area contributed by atoms with Gasteiger partial charge in [0.05, 0.1) is 18.2 Å². The van der Waals surface area contributed by atoms with Crippen LogP contribution in [0.1, 0.15) is 32.9 Å². The molecule has 0 saturated carbocycles. The number of ether oxygens (including phenoxy) is 1. The number of sulfonamides is 1. The molecule has 0 aliphatic heterocycles.